The topological polar surface area (TPSA) is 34.1 Å². The van der Waals surface area contributed by atoms with Crippen LogP contribution in [0.4, 0.5) is 0 Å². The molecule has 0 heterocycles. The van der Waals surface area contributed by atoms with E-state index in [0.717, 1.165) is 0 Å². The summed E-state index contributed by atoms with van der Waals surface area (Å²) in [5.41, 5.74) is 0.941. The van der Waals surface area contributed by atoms with Gasteiger partial charge in [0, 0.05) is 0 Å². The summed E-state index contributed by atoms with van der Waals surface area (Å²) in [7, 11) is 0. The van der Waals surface area contributed by atoms with E-state index in [9.17, 15) is 9.59 Å². The van der Waals surface area contributed by atoms with Gasteiger partial charge in [-0.1, -0.05) is 36.5 Å². The molecule has 0 saturated heterocycles. The fourth-order valence-electron chi connectivity index (χ4n) is 1.39. The molecule has 0 atom stereocenters. The third-order valence-corrected chi connectivity index (χ3v) is 2.05. The maximum Gasteiger partial charge on any atom is 0.190 e. The van der Waals surface area contributed by atoms with Crippen LogP contribution in [0.5, 0.6) is 0 Å². The van der Waals surface area contributed by atoms with Crippen molar-refractivity contribution in [1.82, 2.24) is 0 Å². The Morgan fingerprint density at radius 2 is 1.14 bits per heavy atom. The van der Waals surface area contributed by atoms with Gasteiger partial charge in [-0.2, -0.15) is 0 Å². The van der Waals surface area contributed by atoms with Crippen molar-refractivity contribution >= 4 is 11.6 Å². The summed E-state index contributed by atoms with van der Waals surface area (Å²) in [6.07, 6.45) is 13.5. The molecule has 0 aromatic heterocycles. The molecule has 14 heavy (non-hydrogen) atoms. The molecular weight excluding hydrogens is 176 g/mol. The largest absolute Gasteiger partial charge is 0.289 e. The molecule has 0 aliphatic heterocycles. The summed E-state index contributed by atoms with van der Waals surface area (Å²) in [6.45, 7) is 0. The van der Waals surface area contributed by atoms with Gasteiger partial charge in [0.2, 0.25) is 0 Å². The SMILES string of the molecule is O=C1C=CC(=O)C1=C1C=CC=CC=C1. The molecule has 0 N–H and O–H groups in total. The summed E-state index contributed by atoms with van der Waals surface area (Å²) >= 11 is 0. The van der Waals surface area contributed by atoms with Crippen molar-refractivity contribution in [3.05, 3.63) is 59.8 Å². The molecule has 2 rings (SSSR count). The Balaban J connectivity index is 2.50. The minimum Gasteiger partial charge on any atom is -0.289 e. The summed E-state index contributed by atoms with van der Waals surface area (Å²) in [5, 5.41) is 0. The minimum atomic E-state index is -0.207. The van der Waals surface area contributed by atoms with Crippen molar-refractivity contribution in [3.63, 3.8) is 0 Å². The van der Waals surface area contributed by atoms with Crippen molar-refractivity contribution in [2.45, 2.75) is 0 Å². The zero-order valence-electron chi connectivity index (χ0n) is 7.44. The van der Waals surface area contributed by atoms with E-state index >= 15 is 0 Å². The van der Waals surface area contributed by atoms with E-state index in [-0.39, 0.29) is 17.1 Å². The van der Waals surface area contributed by atoms with E-state index in [0.29, 0.717) is 5.57 Å². The van der Waals surface area contributed by atoms with Gasteiger partial charge in [0.15, 0.2) is 11.6 Å². The van der Waals surface area contributed by atoms with E-state index in [1.54, 1.807) is 24.3 Å². The molecule has 68 valence electrons. The highest BCUT2D eigenvalue weighted by molar-refractivity contribution is 6.34. The highest BCUT2D eigenvalue weighted by Gasteiger charge is 2.22. The first-order valence-electron chi connectivity index (χ1n) is 4.31. The second-order valence-electron chi connectivity index (χ2n) is 3.00. The molecule has 0 aromatic carbocycles. The molecule has 0 aromatic rings. The minimum absolute atomic E-state index is 0.207. The van der Waals surface area contributed by atoms with Gasteiger partial charge in [-0.05, 0) is 17.7 Å². The number of hydrogen-bond acceptors (Lipinski definition) is 2. The van der Waals surface area contributed by atoms with Gasteiger partial charge >= 0.3 is 0 Å². The molecule has 2 heteroatoms. The van der Waals surface area contributed by atoms with Crippen molar-refractivity contribution < 1.29 is 9.59 Å². The summed E-state index contributed by atoms with van der Waals surface area (Å²) in [4.78, 5) is 22.7. The van der Waals surface area contributed by atoms with Gasteiger partial charge < -0.3 is 0 Å². The van der Waals surface area contributed by atoms with Gasteiger partial charge in [-0.3, -0.25) is 9.59 Å². The van der Waals surface area contributed by atoms with E-state index in [4.69, 9.17) is 0 Å². The highest BCUT2D eigenvalue weighted by atomic mass is 16.2. The number of carbonyl (C=O) groups excluding carboxylic acids is 2. The number of allylic oxidation sites excluding steroid dienone is 10. The molecular formula is C12H8O2. The van der Waals surface area contributed by atoms with Crippen LogP contribution in [0.1, 0.15) is 0 Å². The summed E-state index contributed by atoms with van der Waals surface area (Å²) < 4.78 is 0. The Hall–Kier alpha value is -1.96. The van der Waals surface area contributed by atoms with Gasteiger partial charge in [0.05, 0.1) is 5.57 Å². The Bertz CT molecular complexity index is 405. The lowest BCUT2D eigenvalue weighted by Crippen LogP contribution is -2.03. The van der Waals surface area contributed by atoms with Crippen molar-refractivity contribution in [2.75, 3.05) is 0 Å². The second kappa shape index (κ2) is 3.42. The average Bonchev–Trinajstić information content (AvgIpc) is 2.45. The normalized spacial score (nSPS) is 19.7. The molecule has 2 nitrogen and oxygen atoms in total. The van der Waals surface area contributed by atoms with Crippen LogP contribution >= 0.6 is 0 Å². The van der Waals surface area contributed by atoms with E-state index in [2.05, 4.69) is 0 Å². The zero-order chi connectivity index (χ0) is 9.97. The van der Waals surface area contributed by atoms with E-state index < -0.39 is 0 Å². The van der Waals surface area contributed by atoms with Crippen LogP contribution in [-0.2, 0) is 9.59 Å². The van der Waals surface area contributed by atoms with Gasteiger partial charge in [0.25, 0.3) is 0 Å². The lowest BCUT2D eigenvalue weighted by molar-refractivity contribution is -0.115. The van der Waals surface area contributed by atoms with Crippen LogP contribution in [0.2, 0.25) is 0 Å². The second-order valence-corrected chi connectivity index (χ2v) is 3.00. The molecule has 0 spiro atoms. The number of rotatable bonds is 0. The lowest BCUT2D eigenvalue weighted by Gasteiger charge is -1.97. The maximum atomic E-state index is 11.3. The van der Waals surface area contributed by atoms with Gasteiger partial charge in [-0.15, -0.1) is 0 Å². The molecule has 0 bridgehead atoms. The standard InChI is InChI=1S/C12H8O2/c13-10-7-8-11(14)12(10)9-5-3-1-2-4-6-9/h1-8H. The lowest BCUT2D eigenvalue weighted by atomic mass is 10.0. The monoisotopic (exact) mass is 184 g/mol. The molecule has 0 radical (unpaired) electrons. The molecule has 0 unspecified atom stereocenters. The van der Waals surface area contributed by atoms with E-state index in [1.165, 1.54) is 12.2 Å². The molecule has 2 aliphatic rings. The molecule has 2 aliphatic carbocycles. The first-order chi connectivity index (χ1) is 6.79. The van der Waals surface area contributed by atoms with E-state index in [1.807, 2.05) is 12.2 Å². The number of hydrogen-bond donors (Lipinski definition) is 0. The smallest absolute Gasteiger partial charge is 0.190 e. The van der Waals surface area contributed by atoms with Crippen LogP contribution in [-0.4, -0.2) is 11.6 Å². The fraction of sp³-hybridized carbons (Fsp3) is 0. The predicted octanol–water partition coefficient (Wildman–Crippen LogP) is 1.67. The summed E-state index contributed by atoms with van der Waals surface area (Å²) in [6, 6.07) is 0. The van der Waals surface area contributed by atoms with Crippen LogP contribution in [0.25, 0.3) is 0 Å². The Labute approximate surface area is 81.6 Å². The van der Waals surface area contributed by atoms with Crippen molar-refractivity contribution in [1.29, 1.82) is 0 Å². The van der Waals surface area contributed by atoms with Crippen LogP contribution in [0.3, 0.4) is 0 Å². The number of carbonyl (C=O) groups is 2. The predicted molar refractivity (Wildman–Crippen MR) is 53.6 cm³/mol. The highest BCUT2D eigenvalue weighted by Crippen LogP contribution is 2.18. The van der Waals surface area contributed by atoms with Crippen LogP contribution < -0.4 is 0 Å². The summed E-state index contributed by atoms with van der Waals surface area (Å²) in [5.74, 6) is -0.414. The Morgan fingerprint density at radius 3 is 1.64 bits per heavy atom. The zero-order valence-corrected chi connectivity index (χ0v) is 7.44. The first kappa shape index (κ1) is 8.63. The number of ketones is 2. The van der Waals surface area contributed by atoms with Crippen molar-refractivity contribution in [3.8, 4) is 0 Å². The average molecular weight is 184 g/mol. The Kier molecular flexibility index (Phi) is 2.11. The van der Waals surface area contributed by atoms with Crippen LogP contribution in [0.15, 0.2) is 59.8 Å². The third-order valence-electron chi connectivity index (χ3n) is 2.05. The fourth-order valence-corrected chi connectivity index (χ4v) is 1.39. The maximum absolute atomic E-state index is 11.3. The van der Waals surface area contributed by atoms with Gasteiger partial charge in [0.1, 0.15) is 0 Å². The van der Waals surface area contributed by atoms with Crippen molar-refractivity contribution in [2.24, 2.45) is 0 Å². The molecule has 0 fully saturated rings. The first-order valence-corrected chi connectivity index (χ1v) is 4.31. The molecule has 0 amide bonds. The quantitative estimate of drug-likeness (QED) is 0.424. The molecule has 0 saturated carbocycles. The van der Waals surface area contributed by atoms with Gasteiger partial charge in [-0.25, -0.2) is 0 Å². The Morgan fingerprint density at radius 1 is 0.643 bits per heavy atom. The van der Waals surface area contributed by atoms with Crippen LogP contribution in [0, 0.1) is 0 Å². The third kappa shape index (κ3) is 1.42.